The van der Waals surface area contributed by atoms with E-state index < -0.39 is 11.8 Å². The van der Waals surface area contributed by atoms with Gasteiger partial charge in [0.05, 0.1) is 22.3 Å². The van der Waals surface area contributed by atoms with Gasteiger partial charge in [0.15, 0.2) is 0 Å². The molecule has 0 atom stereocenters. The average Bonchev–Trinajstić information content (AvgIpc) is 3.16. The van der Waals surface area contributed by atoms with Crippen LogP contribution in [0.2, 0.25) is 0 Å². The van der Waals surface area contributed by atoms with Gasteiger partial charge in [0.1, 0.15) is 11.5 Å². The number of fused-ring (bicyclic) bond motifs is 2. The van der Waals surface area contributed by atoms with Crippen molar-refractivity contribution < 1.29 is 23.9 Å². The highest BCUT2D eigenvalue weighted by molar-refractivity contribution is 6.23. The van der Waals surface area contributed by atoms with E-state index in [2.05, 4.69) is 0 Å². The Morgan fingerprint density at radius 3 is 1.45 bits per heavy atom. The van der Waals surface area contributed by atoms with Crippen molar-refractivity contribution in [2.75, 3.05) is 13.1 Å². The number of unbranched alkanes of at least 4 members (excludes halogenated alkanes) is 2. The number of hydrogen-bond donors (Lipinski definition) is 0. The van der Waals surface area contributed by atoms with Gasteiger partial charge in [-0.25, -0.2) is 0 Å². The SMILES string of the molecule is CCCCN1C(=O)c2cccc(Oc3cccc4c3C(=O)N(CCCC)C4=O)c2C1=O. The van der Waals surface area contributed by atoms with E-state index in [1.165, 1.54) is 9.80 Å². The molecule has 0 fully saturated rings. The summed E-state index contributed by atoms with van der Waals surface area (Å²) >= 11 is 0. The lowest BCUT2D eigenvalue weighted by Crippen LogP contribution is -2.30. The molecule has 2 aliphatic rings. The molecule has 0 aliphatic carbocycles. The van der Waals surface area contributed by atoms with Crippen molar-refractivity contribution in [3.63, 3.8) is 0 Å². The largest absolute Gasteiger partial charge is 0.456 e. The van der Waals surface area contributed by atoms with Gasteiger partial charge in [-0.2, -0.15) is 0 Å². The van der Waals surface area contributed by atoms with Crippen LogP contribution >= 0.6 is 0 Å². The number of amides is 4. The third-order valence-corrected chi connectivity index (χ3v) is 5.61. The van der Waals surface area contributed by atoms with Crippen LogP contribution in [-0.4, -0.2) is 46.5 Å². The van der Waals surface area contributed by atoms with Crippen molar-refractivity contribution in [2.45, 2.75) is 39.5 Å². The predicted molar refractivity (Wildman–Crippen MR) is 114 cm³/mol. The smallest absolute Gasteiger partial charge is 0.265 e. The molecule has 7 heteroatoms. The van der Waals surface area contributed by atoms with Crippen molar-refractivity contribution in [2.24, 2.45) is 0 Å². The van der Waals surface area contributed by atoms with E-state index in [1.54, 1.807) is 36.4 Å². The average molecular weight is 420 g/mol. The Hall–Kier alpha value is -3.48. The van der Waals surface area contributed by atoms with Crippen molar-refractivity contribution in [1.29, 1.82) is 0 Å². The monoisotopic (exact) mass is 420 g/mol. The lowest BCUT2D eigenvalue weighted by molar-refractivity contribution is 0.0637. The molecule has 0 saturated heterocycles. The highest BCUT2D eigenvalue weighted by Gasteiger charge is 2.40. The number of carbonyl (C=O) groups is 4. The van der Waals surface area contributed by atoms with Crippen LogP contribution in [0.15, 0.2) is 36.4 Å². The van der Waals surface area contributed by atoms with Gasteiger partial charge in [0.25, 0.3) is 23.6 Å². The quantitative estimate of drug-likeness (QED) is 0.596. The first kappa shape index (κ1) is 20.8. The number of ether oxygens (including phenoxy) is 1. The summed E-state index contributed by atoms with van der Waals surface area (Å²) in [6, 6.07) is 9.69. The molecule has 2 aromatic carbocycles. The second-order valence-electron chi connectivity index (χ2n) is 7.69. The fourth-order valence-electron chi connectivity index (χ4n) is 3.93. The Labute approximate surface area is 180 Å². The van der Waals surface area contributed by atoms with Crippen LogP contribution in [0.4, 0.5) is 0 Å². The lowest BCUT2D eigenvalue weighted by Gasteiger charge is -2.14. The minimum absolute atomic E-state index is 0.195. The molecule has 4 amide bonds. The first-order chi connectivity index (χ1) is 15.0. The van der Waals surface area contributed by atoms with Crippen LogP contribution in [0.1, 0.15) is 81.0 Å². The molecule has 7 nitrogen and oxygen atoms in total. The van der Waals surface area contributed by atoms with Crippen LogP contribution in [0, 0.1) is 0 Å². The highest BCUT2D eigenvalue weighted by Crippen LogP contribution is 2.38. The van der Waals surface area contributed by atoms with E-state index in [0.717, 1.165) is 25.7 Å². The number of hydrogen-bond acceptors (Lipinski definition) is 5. The molecule has 0 spiro atoms. The number of benzene rings is 2. The zero-order valence-electron chi connectivity index (χ0n) is 17.6. The van der Waals surface area contributed by atoms with Gasteiger partial charge in [0.2, 0.25) is 0 Å². The number of carbonyl (C=O) groups excluding carboxylic acids is 4. The fourth-order valence-corrected chi connectivity index (χ4v) is 3.93. The Morgan fingerprint density at radius 2 is 1.06 bits per heavy atom. The summed E-state index contributed by atoms with van der Waals surface area (Å²) in [6.45, 7) is 4.68. The van der Waals surface area contributed by atoms with Gasteiger partial charge in [-0.3, -0.25) is 29.0 Å². The van der Waals surface area contributed by atoms with E-state index in [1.807, 2.05) is 13.8 Å². The predicted octanol–water partition coefficient (Wildman–Crippen LogP) is 4.27. The zero-order valence-corrected chi connectivity index (χ0v) is 17.6. The third kappa shape index (κ3) is 3.40. The maximum absolute atomic E-state index is 12.9. The first-order valence-corrected chi connectivity index (χ1v) is 10.7. The van der Waals surface area contributed by atoms with Crippen LogP contribution in [0.3, 0.4) is 0 Å². The maximum Gasteiger partial charge on any atom is 0.265 e. The normalized spacial score (nSPS) is 15.0. The van der Waals surface area contributed by atoms with Crippen LogP contribution in [0.5, 0.6) is 11.5 Å². The van der Waals surface area contributed by atoms with Crippen molar-refractivity contribution in [1.82, 2.24) is 9.80 Å². The molecule has 0 N–H and O–H groups in total. The minimum Gasteiger partial charge on any atom is -0.456 e. The Kier molecular flexibility index (Phi) is 5.59. The van der Waals surface area contributed by atoms with E-state index >= 15 is 0 Å². The summed E-state index contributed by atoms with van der Waals surface area (Å²) in [5.41, 5.74) is 0.970. The van der Waals surface area contributed by atoms with Crippen LogP contribution in [0.25, 0.3) is 0 Å². The third-order valence-electron chi connectivity index (χ3n) is 5.61. The number of nitrogens with zero attached hydrogens (tertiary/aromatic N) is 2. The van der Waals surface area contributed by atoms with Gasteiger partial charge in [-0.05, 0) is 37.1 Å². The second kappa shape index (κ2) is 8.34. The molecule has 2 heterocycles. The van der Waals surface area contributed by atoms with E-state index in [0.29, 0.717) is 13.1 Å². The summed E-state index contributed by atoms with van der Waals surface area (Å²) in [4.78, 5) is 53.7. The molecule has 0 aromatic heterocycles. The number of imide groups is 2. The first-order valence-electron chi connectivity index (χ1n) is 10.7. The molecule has 4 rings (SSSR count). The minimum atomic E-state index is -0.399. The summed E-state index contributed by atoms with van der Waals surface area (Å²) in [5.74, 6) is -1.07. The van der Waals surface area contributed by atoms with E-state index in [-0.39, 0.29) is 45.6 Å². The summed E-state index contributed by atoms with van der Waals surface area (Å²) in [7, 11) is 0. The Morgan fingerprint density at radius 1 is 0.645 bits per heavy atom. The van der Waals surface area contributed by atoms with E-state index in [4.69, 9.17) is 4.74 Å². The summed E-state index contributed by atoms with van der Waals surface area (Å²) in [6.07, 6.45) is 3.16. The summed E-state index contributed by atoms with van der Waals surface area (Å²) in [5, 5.41) is 0. The lowest BCUT2D eigenvalue weighted by atomic mass is 10.1. The maximum atomic E-state index is 12.9. The Balaban J connectivity index is 1.69. The van der Waals surface area contributed by atoms with E-state index in [9.17, 15) is 19.2 Å². The molecule has 0 unspecified atom stereocenters. The molecule has 2 aromatic rings. The second-order valence-corrected chi connectivity index (χ2v) is 7.69. The van der Waals surface area contributed by atoms with Crippen molar-refractivity contribution >= 4 is 23.6 Å². The fraction of sp³-hybridized carbons (Fsp3) is 0.333. The van der Waals surface area contributed by atoms with Gasteiger partial charge in [0, 0.05) is 13.1 Å². The van der Waals surface area contributed by atoms with Gasteiger partial charge in [-0.15, -0.1) is 0 Å². The number of rotatable bonds is 8. The molecule has 0 bridgehead atoms. The zero-order chi connectivity index (χ0) is 22.1. The molecule has 0 radical (unpaired) electrons. The molecular formula is C24H24N2O5. The van der Waals surface area contributed by atoms with Crippen molar-refractivity contribution in [3.05, 3.63) is 58.7 Å². The van der Waals surface area contributed by atoms with Gasteiger partial charge < -0.3 is 4.74 Å². The van der Waals surface area contributed by atoms with Crippen LogP contribution in [-0.2, 0) is 0 Å². The van der Waals surface area contributed by atoms with Crippen molar-refractivity contribution in [3.8, 4) is 11.5 Å². The summed E-state index contributed by atoms with van der Waals surface area (Å²) < 4.78 is 6.01. The highest BCUT2D eigenvalue weighted by atomic mass is 16.5. The molecule has 0 saturated carbocycles. The van der Waals surface area contributed by atoms with Crippen LogP contribution < -0.4 is 4.74 Å². The molecule has 2 aliphatic heterocycles. The molecule has 31 heavy (non-hydrogen) atoms. The standard InChI is InChI=1S/C24H24N2O5/c1-3-5-13-25-21(27)15-9-7-11-17(19(15)23(25)29)31-18-12-8-10-16-20(18)24(30)26(22(16)28)14-6-4-2/h7-12H,3-6,13-14H2,1-2H3. The Bertz CT molecular complexity index is 1010. The topological polar surface area (TPSA) is 84.0 Å². The molecular weight excluding hydrogens is 396 g/mol. The van der Waals surface area contributed by atoms with Gasteiger partial charge >= 0.3 is 0 Å². The van der Waals surface area contributed by atoms with Gasteiger partial charge in [-0.1, -0.05) is 38.8 Å². The molecule has 160 valence electrons.